The van der Waals surface area contributed by atoms with Gasteiger partial charge in [-0.05, 0) is 92.5 Å². The molecule has 0 aromatic heterocycles. The molecule has 2 aliphatic rings. The van der Waals surface area contributed by atoms with E-state index in [1.54, 1.807) is 0 Å². The number of nitriles is 1. The van der Waals surface area contributed by atoms with Crippen molar-refractivity contribution in [1.29, 1.82) is 5.26 Å². The molecule has 7 aromatic rings. The largest absolute Gasteiger partial charge is 0.308 e. The van der Waals surface area contributed by atoms with Gasteiger partial charge in [0.15, 0.2) is 5.44 Å². The molecule has 3 nitrogen and oxygen atoms in total. The summed E-state index contributed by atoms with van der Waals surface area (Å²) >= 11 is 1.81. The van der Waals surface area contributed by atoms with Crippen LogP contribution in [0.25, 0.3) is 32.7 Å². The predicted octanol–water partition coefficient (Wildman–Crippen LogP) is 12.5. The van der Waals surface area contributed by atoms with Gasteiger partial charge in [0.1, 0.15) is 0 Å². The van der Waals surface area contributed by atoms with Gasteiger partial charge < -0.3 is 4.90 Å². The Kier molecular flexibility index (Phi) is 8.70. The molecule has 0 atom stereocenters. The van der Waals surface area contributed by atoms with Gasteiger partial charge in [0.2, 0.25) is 0 Å². The second-order valence-corrected chi connectivity index (χ2v) is 17.5. The van der Waals surface area contributed by atoms with E-state index >= 15 is 0 Å². The van der Waals surface area contributed by atoms with Crippen LogP contribution in [0.3, 0.4) is 0 Å². The molecule has 2 aliphatic heterocycles. The lowest BCUT2D eigenvalue weighted by atomic mass is 10.0. The number of fused-ring (bicyclic) bond motifs is 2. The van der Waals surface area contributed by atoms with Crippen LogP contribution in [-0.2, 0) is 0 Å². The van der Waals surface area contributed by atoms with E-state index in [2.05, 4.69) is 161 Å². The number of hydrogen-bond acceptors (Lipinski definition) is 3. The highest BCUT2D eigenvalue weighted by molar-refractivity contribution is 7.99. The van der Waals surface area contributed by atoms with Gasteiger partial charge in [-0.15, -0.1) is 0 Å². The molecule has 0 bridgehead atoms. The van der Waals surface area contributed by atoms with Crippen molar-refractivity contribution in [3.05, 3.63) is 217 Å². The fraction of sp³-hybridized carbons (Fsp3) is 0. The number of allylic oxidation sites excluding steroid dienone is 3. The quantitative estimate of drug-likeness (QED) is 0.126. The highest BCUT2D eigenvalue weighted by Crippen LogP contribution is 2.58. The lowest BCUT2D eigenvalue weighted by Gasteiger charge is -2.34. The number of rotatable bonds is 6. The van der Waals surface area contributed by atoms with E-state index in [1.165, 1.54) is 32.0 Å². The first kappa shape index (κ1) is 33.3. The molecular formula is C49H32N3PS. The summed E-state index contributed by atoms with van der Waals surface area (Å²) < 4.78 is 0. The third-order valence-corrected chi connectivity index (χ3v) is 15.2. The number of benzene rings is 7. The zero-order valence-electron chi connectivity index (χ0n) is 29.2. The van der Waals surface area contributed by atoms with Gasteiger partial charge >= 0.3 is 0 Å². The molecule has 7 aromatic carbocycles. The van der Waals surface area contributed by atoms with Crippen molar-refractivity contribution >= 4 is 57.2 Å². The lowest BCUT2D eigenvalue weighted by molar-refractivity contribution is 1.17. The van der Waals surface area contributed by atoms with Gasteiger partial charge in [0.25, 0.3) is 0 Å². The van der Waals surface area contributed by atoms with Crippen LogP contribution < -0.4 is 15.5 Å². The lowest BCUT2D eigenvalue weighted by Crippen LogP contribution is -2.23. The monoisotopic (exact) mass is 725 g/mol. The van der Waals surface area contributed by atoms with Crippen molar-refractivity contribution in [3.8, 4) is 28.3 Å². The second kappa shape index (κ2) is 14.1. The van der Waals surface area contributed by atoms with Gasteiger partial charge in [-0.3, -0.25) is 0 Å². The third-order valence-electron chi connectivity index (χ3n) is 10.1. The SMILES string of the molecule is [C-]#[N+]C1=CC(c2ccc(N3c4ccc(-c5ccccc5)cc4Sc4cc(-c5ccccc5)ccc43)cc2)=CC(C#N)=P1(c1ccccc1)c1ccccc1. The molecule has 54 heavy (non-hydrogen) atoms. The first-order valence-corrected chi connectivity index (χ1v) is 20.3. The fourth-order valence-corrected chi connectivity index (χ4v) is 12.5. The Balaban J connectivity index is 1.16. The first-order valence-electron chi connectivity index (χ1n) is 17.7. The summed E-state index contributed by atoms with van der Waals surface area (Å²) in [7, 11) is 0. The maximum absolute atomic E-state index is 10.8. The van der Waals surface area contributed by atoms with E-state index in [9.17, 15) is 5.26 Å². The number of nitrogens with zero attached hydrogens (tertiary/aromatic N) is 3. The Morgan fingerprint density at radius 1 is 0.519 bits per heavy atom. The van der Waals surface area contributed by atoms with Crippen LogP contribution >= 0.6 is 18.6 Å². The topological polar surface area (TPSA) is 31.4 Å². The van der Waals surface area contributed by atoms with Crippen molar-refractivity contribution in [2.45, 2.75) is 9.79 Å². The van der Waals surface area contributed by atoms with Crippen LogP contribution in [0.4, 0.5) is 17.1 Å². The van der Waals surface area contributed by atoms with Crippen molar-refractivity contribution < 1.29 is 0 Å². The standard InChI is InChI=1S/C49H32N3PS/c1-51-49-33-40(30-44(34-50)53(49,42-18-10-4-11-19-42)43-20-12-5-13-21-43)37-22-26-41(27-23-37)52-45-28-24-38(35-14-6-2-7-15-35)31-47(45)54-48-32-39(25-29-46(48)52)36-16-8-3-9-17-36/h2-33H. The average molecular weight is 726 g/mol. The van der Waals surface area contributed by atoms with Crippen molar-refractivity contribution in [1.82, 2.24) is 0 Å². The van der Waals surface area contributed by atoms with Crippen LogP contribution in [0.1, 0.15) is 5.56 Å². The fourth-order valence-electron chi connectivity index (χ4n) is 7.53. The normalized spacial score (nSPS) is 14.1. The molecule has 0 radical (unpaired) electrons. The molecule has 0 aliphatic carbocycles. The van der Waals surface area contributed by atoms with Gasteiger partial charge in [0, 0.05) is 22.4 Å². The average Bonchev–Trinajstić information content (AvgIpc) is 3.26. The molecule has 254 valence electrons. The first-order chi connectivity index (χ1) is 26.7. The molecular weight excluding hydrogens is 694 g/mol. The molecule has 5 heteroatoms. The Morgan fingerprint density at radius 3 is 1.44 bits per heavy atom. The number of hydrogen-bond donors (Lipinski definition) is 0. The Hall–Kier alpha value is -6.55. The molecule has 0 saturated heterocycles. The summed E-state index contributed by atoms with van der Waals surface area (Å²) in [5, 5.41) is 13.4. The molecule has 0 saturated carbocycles. The van der Waals surface area contributed by atoms with Gasteiger partial charge in [-0.1, -0.05) is 157 Å². The van der Waals surface area contributed by atoms with E-state index in [0.717, 1.165) is 38.8 Å². The van der Waals surface area contributed by atoms with Crippen LogP contribution in [0.5, 0.6) is 0 Å². The van der Waals surface area contributed by atoms with E-state index in [1.807, 2.05) is 60.3 Å². The zero-order valence-corrected chi connectivity index (χ0v) is 30.9. The van der Waals surface area contributed by atoms with Crippen LogP contribution in [0, 0.1) is 17.9 Å². The van der Waals surface area contributed by atoms with Crippen LogP contribution in [0.2, 0.25) is 0 Å². The Morgan fingerprint density at radius 2 is 0.981 bits per heavy atom. The van der Waals surface area contributed by atoms with Crippen molar-refractivity contribution in [3.63, 3.8) is 0 Å². The molecule has 0 N–H and O–H groups in total. The smallest absolute Gasteiger partial charge is 0.196 e. The van der Waals surface area contributed by atoms with Gasteiger partial charge in [-0.2, -0.15) is 5.26 Å². The highest BCUT2D eigenvalue weighted by atomic mass is 32.2. The predicted molar refractivity (Wildman–Crippen MR) is 228 cm³/mol. The Labute approximate surface area is 320 Å². The summed E-state index contributed by atoms with van der Waals surface area (Å²) in [6.07, 6.45) is 4.02. The summed E-state index contributed by atoms with van der Waals surface area (Å²) in [6.45, 7) is 5.79. The molecule has 0 fully saturated rings. The van der Waals surface area contributed by atoms with Gasteiger partial charge in [-0.25, -0.2) is 4.85 Å². The van der Waals surface area contributed by atoms with Crippen LogP contribution in [-0.4, -0.2) is 5.29 Å². The van der Waals surface area contributed by atoms with E-state index in [0.29, 0.717) is 10.7 Å². The zero-order chi connectivity index (χ0) is 36.5. The molecule has 0 spiro atoms. The molecule has 2 heterocycles. The molecule has 9 rings (SSSR count). The summed E-state index contributed by atoms with van der Waals surface area (Å²) in [5.74, 6) is 0. The Bertz CT molecular complexity index is 2610. The molecule has 0 unspecified atom stereocenters. The van der Waals surface area contributed by atoms with E-state index in [4.69, 9.17) is 6.57 Å². The minimum atomic E-state index is -2.66. The highest BCUT2D eigenvalue weighted by Gasteiger charge is 2.35. The van der Waals surface area contributed by atoms with E-state index < -0.39 is 6.89 Å². The molecule has 0 amide bonds. The van der Waals surface area contributed by atoms with Crippen LogP contribution in [0.15, 0.2) is 209 Å². The maximum Gasteiger partial charge on any atom is 0.196 e. The second-order valence-electron chi connectivity index (χ2n) is 13.1. The van der Waals surface area contributed by atoms with Gasteiger partial charge in [0.05, 0.1) is 29.3 Å². The minimum Gasteiger partial charge on any atom is -0.308 e. The number of anilines is 3. The van der Waals surface area contributed by atoms with E-state index in [-0.39, 0.29) is 0 Å². The third kappa shape index (κ3) is 5.71. The summed E-state index contributed by atoms with van der Waals surface area (Å²) in [6, 6.07) is 65.8. The maximum atomic E-state index is 10.8. The van der Waals surface area contributed by atoms with Crippen molar-refractivity contribution in [2.24, 2.45) is 0 Å². The van der Waals surface area contributed by atoms with Crippen molar-refractivity contribution in [2.75, 3.05) is 4.90 Å². The summed E-state index contributed by atoms with van der Waals surface area (Å²) in [4.78, 5) is 8.89. The summed E-state index contributed by atoms with van der Waals surface area (Å²) in [5.41, 5.74) is 10.4. The minimum absolute atomic E-state index is 0.609.